The van der Waals surface area contributed by atoms with E-state index in [1.54, 1.807) is 6.07 Å². The van der Waals surface area contributed by atoms with Crippen molar-refractivity contribution in [2.75, 3.05) is 0 Å². The number of halogens is 3. The highest BCUT2D eigenvalue weighted by Crippen LogP contribution is 2.32. The van der Waals surface area contributed by atoms with Crippen molar-refractivity contribution in [3.63, 3.8) is 0 Å². The molecule has 0 amide bonds. The molecule has 0 bridgehead atoms. The summed E-state index contributed by atoms with van der Waals surface area (Å²) < 4.78 is 37.6. The van der Waals surface area contributed by atoms with E-state index in [-0.39, 0.29) is 5.92 Å². The van der Waals surface area contributed by atoms with Crippen molar-refractivity contribution in [1.29, 1.82) is 0 Å². The van der Waals surface area contributed by atoms with Crippen molar-refractivity contribution < 1.29 is 18.3 Å². The number of benzene rings is 1. The highest BCUT2D eigenvalue weighted by atomic mass is 19.4. The lowest BCUT2D eigenvalue weighted by Gasteiger charge is -2.18. The van der Waals surface area contributed by atoms with E-state index in [2.05, 4.69) is 0 Å². The normalized spacial score (nSPS) is 19.1. The van der Waals surface area contributed by atoms with Gasteiger partial charge in [-0.25, -0.2) is 0 Å². The van der Waals surface area contributed by atoms with Gasteiger partial charge in [0.25, 0.3) is 0 Å². The Morgan fingerprint density at radius 1 is 1.22 bits per heavy atom. The number of hydrogen-bond acceptors (Lipinski definition) is 1. The number of alkyl halides is 3. The van der Waals surface area contributed by atoms with E-state index >= 15 is 0 Å². The number of aliphatic hydroxyl groups excluding tert-OH is 1. The topological polar surface area (TPSA) is 20.2 Å². The number of rotatable bonds is 3. The molecule has 100 valence electrons. The van der Waals surface area contributed by atoms with Crippen LogP contribution in [0.15, 0.2) is 24.3 Å². The average Bonchev–Trinajstić information content (AvgIpc) is 2.81. The van der Waals surface area contributed by atoms with Crippen molar-refractivity contribution >= 4 is 0 Å². The van der Waals surface area contributed by atoms with E-state index in [9.17, 15) is 18.3 Å². The van der Waals surface area contributed by atoms with Gasteiger partial charge in [-0.3, -0.25) is 0 Å². The van der Waals surface area contributed by atoms with Gasteiger partial charge in [0.1, 0.15) is 0 Å². The van der Waals surface area contributed by atoms with Gasteiger partial charge in [0.2, 0.25) is 0 Å². The van der Waals surface area contributed by atoms with Gasteiger partial charge in [-0.15, -0.1) is 0 Å². The van der Waals surface area contributed by atoms with Crippen LogP contribution < -0.4 is 0 Å². The standard InChI is InChI=1S/C14H17F3O/c15-14(16,17)12-7-3-4-10(8-12)9-13(18)11-5-1-2-6-11/h3-4,7-8,11,13,18H,1-2,5-6,9H2. The molecular formula is C14H17F3O. The second-order valence-corrected chi connectivity index (χ2v) is 5.01. The van der Waals surface area contributed by atoms with Crippen LogP contribution in [0.1, 0.15) is 36.8 Å². The van der Waals surface area contributed by atoms with E-state index < -0.39 is 17.8 Å². The van der Waals surface area contributed by atoms with Crippen LogP contribution in [0.4, 0.5) is 13.2 Å². The fourth-order valence-electron chi connectivity index (χ4n) is 2.62. The SMILES string of the molecule is OC(Cc1cccc(C(F)(F)F)c1)C1CCCC1. The molecule has 1 aromatic rings. The summed E-state index contributed by atoms with van der Waals surface area (Å²) in [6.07, 6.45) is -0.311. The summed E-state index contributed by atoms with van der Waals surface area (Å²) in [6, 6.07) is 5.25. The van der Waals surface area contributed by atoms with Crippen LogP contribution in [0.3, 0.4) is 0 Å². The van der Waals surface area contributed by atoms with E-state index in [4.69, 9.17) is 0 Å². The lowest BCUT2D eigenvalue weighted by Crippen LogP contribution is -2.20. The van der Waals surface area contributed by atoms with E-state index in [1.165, 1.54) is 6.07 Å². The molecule has 4 heteroatoms. The van der Waals surface area contributed by atoms with Crippen molar-refractivity contribution in [2.24, 2.45) is 5.92 Å². The quantitative estimate of drug-likeness (QED) is 0.874. The van der Waals surface area contributed by atoms with Gasteiger partial charge < -0.3 is 5.11 Å². The first kappa shape index (κ1) is 13.4. The lowest BCUT2D eigenvalue weighted by molar-refractivity contribution is -0.137. The first-order chi connectivity index (χ1) is 8.47. The number of hydrogen-bond donors (Lipinski definition) is 1. The van der Waals surface area contributed by atoms with Crippen LogP contribution in [0.2, 0.25) is 0 Å². The molecular weight excluding hydrogens is 241 g/mol. The molecule has 0 spiro atoms. The summed E-state index contributed by atoms with van der Waals surface area (Å²) in [4.78, 5) is 0. The molecule has 0 aromatic heterocycles. The van der Waals surface area contributed by atoms with Crippen LogP contribution >= 0.6 is 0 Å². The Labute approximate surface area is 105 Å². The van der Waals surface area contributed by atoms with Gasteiger partial charge in [0.15, 0.2) is 0 Å². The van der Waals surface area contributed by atoms with E-state index in [0.717, 1.165) is 37.8 Å². The zero-order chi connectivity index (χ0) is 13.2. The van der Waals surface area contributed by atoms with Crippen LogP contribution in [0.5, 0.6) is 0 Å². The molecule has 1 unspecified atom stereocenters. The van der Waals surface area contributed by atoms with Gasteiger partial charge in [-0.1, -0.05) is 31.0 Å². The Morgan fingerprint density at radius 2 is 1.89 bits per heavy atom. The monoisotopic (exact) mass is 258 g/mol. The Bertz CT molecular complexity index is 394. The largest absolute Gasteiger partial charge is 0.416 e. The smallest absolute Gasteiger partial charge is 0.392 e. The zero-order valence-corrected chi connectivity index (χ0v) is 10.1. The Morgan fingerprint density at radius 3 is 2.50 bits per heavy atom. The first-order valence-corrected chi connectivity index (χ1v) is 6.31. The summed E-state index contributed by atoms with van der Waals surface area (Å²) in [5.74, 6) is 0.250. The summed E-state index contributed by atoms with van der Waals surface area (Å²) in [6.45, 7) is 0. The third-order valence-corrected chi connectivity index (χ3v) is 3.64. The molecule has 0 radical (unpaired) electrons. The molecule has 1 aliphatic carbocycles. The molecule has 0 saturated heterocycles. The Kier molecular flexibility index (Phi) is 3.95. The summed E-state index contributed by atoms with van der Waals surface area (Å²) in [7, 11) is 0. The number of aliphatic hydroxyl groups is 1. The van der Waals surface area contributed by atoms with Gasteiger partial charge in [0.05, 0.1) is 11.7 Å². The average molecular weight is 258 g/mol. The predicted octanol–water partition coefficient (Wildman–Crippen LogP) is 3.80. The molecule has 1 saturated carbocycles. The molecule has 2 rings (SSSR count). The van der Waals surface area contributed by atoms with Gasteiger partial charge in [-0.2, -0.15) is 13.2 Å². The Balaban J connectivity index is 2.04. The maximum atomic E-state index is 12.5. The third kappa shape index (κ3) is 3.25. The van der Waals surface area contributed by atoms with E-state index in [0.29, 0.717) is 12.0 Å². The maximum Gasteiger partial charge on any atom is 0.416 e. The van der Waals surface area contributed by atoms with Crippen LogP contribution in [-0.2, 0) is 12.6 Å². The second kappa shape index (κ2) is 5.31. The van der Waals surface area contributed by atoms with E-state index in [1.807, 2.05) is 0 Å². The van der Waals surface area contributed by atoms with Crippen molar-refractivity contribution in [3.8, 4) is 0 Å². The van der Waals surface area contributed by atoms with Gasteiger partial charge in [-0.05, 0) is 36.8 Å². The molecule has 1 aromatic carbocycles. The van der Waals surface area contributed by atoms with Crippen molar-refractivity contribution in [1.82, 2.24) is 0 Å². The molecule has 18 heavy (non-hydrogen) atoms. The lowest BCUT2D eigenvalue weighted by atomic mass is 9.94. The minimum Gasteiger partial charge on any atom is -0.392 e. The molecule has 1 nitrogen and oxygen atoms in total. The molecule has 0 aliphatic heterocycles. The molecule has 1 aliphatic rings. The van der Waals surface area contributed by atoms with Crippen LogP contribution in [-0.4, -0.2) is 11.2 Å². The Hall–Kier alpha value is -1.03. The first-order valence-electron chi connectivity index (χ1n) is 6.31. The molecule has 1 atom stereocenters. The third-order valence-electron chi connectivity index (χ3n) is 3.64. The fourth-order valence-corrected chi connectivity index (χ4v) is 2.62. The minimum absolute atomic E-state index is 0.250. The minimum atomic E-state index is -4.31. The van der Waals surface area contributed by atoms with Crippen molar-refractivity contribution in [2.45, 2.75) is 44.4 Å². The fraction of sp³-hybridized carbons (Fsp3) is 0.571. The summed E-state index contributed by atoms with van der Waals surface area (Å²) >= 11 is 0. The summed E-state index contributed by atoms with van der Waals surface area (Å²) in [5, 5.41) is 10.0. The van der Waals surface area contributed by atoms with Crippen molar-refractivity contribution in [3.05, 3.63) is 35.4 Å². The van der Waals surface area contributed by atoms with Crippen LogP contribution in [0, 0.1) is 5.92 Å². The summed E-state index contributed by atoms with van der Waals surface area (Å²) in [5.41, 5.74) is -0.0807. The van der Waals surface area contributed by atoms with Crippen LogP contribution in [0.25, 0.3) is 0 Å². The molecule has 1 fully saturated rings. The molecule has 0 heterocycles. The highest BCUT2D eigenvalue weighted by Gasteiger charge is 2.31. The second-order valence-electron chi connectivity index (χ2n) is 5.01. The van der Waals surface area contributed by atoms with Gasteiger partial charge in [0, 0.05) is 0 Å². The maximum absolute atomic E-state index is 12.5. The zero-order valence-electron chi connectivity index (χ0n) is 10.1. The van der Waals surface area contributed by atoms with Gasteiger partial charge >= 0.3 is 6.18 Å². The predicted molar refractivity (Wildman–Crippen MR) is 63.1 cm³/mol. The molecule has 1 N–H and O–H groups in total. The highest BCUT2D eigenvalue weighted by molar-refractivity contribution is 5.26.